The Morgan fingerprint density at radius 3 is 2.75 bits per heavy atom. The van der Waals surface area contributed by atoms with Gasteiger partial charge >= 0.3 is 5.97 Å². The number of rotatable bonds is 6. The molecule has 86 valence electrons. The molecule has 0 bridgehead atoms. The van der Waals surface area contributed by atoms with Gasteiger partial charge in [-0.2, -0.15) is 0 Å². The van der Waals surface area contributed by atoms with Crippen LogP contribution in [0.25, 0.3) is 0 Å². The monoisotopic (exact) mass is 220 g/mol. The lowest BCUT2D eigenvalue weighted by Gasteiger charge is -2.03. The highest BCUT2D eigenvalue weighted by atomic mass is 16.6. The third-order valence-electron chi connectivity index (χ3n) is 2.57. The Kier molecular flexibility index (Phi) is 3.94. The first-order valence-corrected chi connectivity index (χ1v) is 5.70. The van der Waals surface area contributed by atoms with E-state index in [1.807, 2.05) is 18.2 Å². The zero-order valence-corrected chi connectivity index (χ0v) is 9.22. The SMILES string of the molecule is O=C(OCCCCC1CO1)c1ccccc1. The predicted molar refractivity (Wildman–Crippen MR) is 60.3 cm³/mol. The summed E-state index contributed by atoms with van der Waals surface area (Å²) >= 11 is 0. The van der Waals surface area contributed by atoms with E-state index in [1.54, 1.807) is 12.1 Å². The van der Waals surface area contributed by atoms with Gasteiger partial charge in [-0.3, -0.25) is 0 Å². The Bertz CT molecular complexity index is 330. The summed E-state index contributed by atoms with van der Waals surface area (Å²) in [5.41, 5.74) is 0.619. The highest BCUT2D eigenvalue weighted by Gasteiger charge is 2.21. The van der Waals surface area contributed by atoms with Crippen LogP contribution in [0.2, 0.25) is 0 Å². The molecule has 0 aliphatic carbocycles. The van der Waals surface area contributed by atoms with Gasteiger partial charge < -0.3 is 9.47 Å². The lowest BCUT2D eigenvalue weighted by atomic mass is 10.2. The number of carbonyl (C=O) groups is 1. The molecule has 1 aliphatic rings. The van der Waals surface area contributed by atoms with Crippen LogP contribution in [-0.4, -0.2) is 25.3 Å². The highest BCUT2D eigenvalue weighted by Crippen LogP contribution is 2.16. The topological polar surface area (TPSA) is 38.8 Å². The van der Waals surface area contributed by atoms with Gasteiger partial charge in [0.25, 0.3) is 0 Å². The van der Waals surface area contributed by atoms with Gasteiger partial charge in [-0.15, -0.1) is 0 Å². The number of esters is 1. The molecule has 0 saturated carbocycles. The van der Waals surface area contributed by atoms with E-state index in [0.29, 0.717) is 18.3 Å². The maximum Gasteiger partial charge on any atom is 0.338 e. The number of benzene rings is 1. The largest absolute Gasteiger partial charge is 0.462 e. The molecule has 0 N–H and O–H groups in total. The van der Waals surface area contributed by atoms with E-state index in [1.165, 1.54) is 0 Å². The van der Waals surface area contributed by atoms with Crippen molar-refractivity contribution in [2.75, 3.05) is 13.2 Å². The number of ether oxygens (including phenoxy) is 2. The van der Waals surface area contributed by atoms with Crippen LogP contribution >= 0.6 is 0 Å². The molecule has 1 fully saturated rings. The third kappa shape index (κ3) is 3.66. The summed E-state index contributed by atoms with van der Waals surface area (Å²) in [5.74, 6) is -0.233. The number of hydrogen-bond donors (Lipinski definition) is 0. The molecule has 0 aromatic heterocycles. The Hall–Kier alpha value is -1.35. The summed E-state index contributed by atoms with van der Waals surface area (Å²) in [6.45, 7) is 1.41. The first-order chi connectivity index (χ1) is 7.86. The van der Waals surface area contributed by atoms with Crippen LogP contribution in [0.15, 0.2) is 30.3 Å². The minimum absolute atomic E-state index is 0.233. The maximum atomic E-state index is 11.5. The fraction of sp³-hybridized carbons (Fsp3) is 0.462. The van der Waals surface area contributed by atoms with Crippen molar-refractivity contribution in [3.63, 3.8) is 0 Å². The Balaban J connectivity index is 1.60. The summed E-state index contributed by atoms with van der Waals surface area (Å²) in [7, 11) is 0. The van der Waals surface area contributed by atoms with E-state index < -0.39 is 0 Å². The van der Waals surface area contributed by atoms with Gasteiger partial charge in [0.2, 0.25) is 0 Å². The van der Waals surface area contributed by atoms with Crippen molar-refractivity contribution in [2.45, 2.75) is 25.4 Å². The summed E-state index contributed by atoms with van der Waals surface area (Å²) in [6.07, 6.45) is 3.54. The second-order valence-corrected chi connectivity index (χ2v) is 3.95. The van der Waals surface area contributed by atoms with Crippen LogP contribution in [-0.2, 0) is 9.47 Å². The summed E-state index contributed by atoms with van der Waals surface area (Å²) in [5, 5.41) is 0. The van der Waals surface area contributed by atoms with Crippen LogP contribution in [0.3, 0.4) is 0 Å². The molecule has 1 saturated heterocycles. The molecule has 1 aromatic rings. The molecule has 3 heteroatoms. The van der Waals surface area contributed by atoms with E-state index in [2.05, 4.69) is 0 Å². The van der Waals surface area contributed by atoms with Gasteiger partial charge in [0.15, 0.2) is 0 Å². The summed E-state index contributed by atoms with van der Waals surface area (Å²) in [6, 6.07) is 9.08. The molecule has 0 amide bonds. The molecule has 2 rings (SSSR count). The lowest BCUT2D eigenvalue weighted by molar-refractivity contribution is 0.0497. The number of unbranched alkanes of at least 4 members (excludes halogenated alkanes) is 1. The Morgan fingerprint density at radius 1 is 1.31 bits per heavy atom. The average molecular weight is 220 g/mol. The lowest BCUT2D eigenvalue weighted by Crippen LogP contribution is -2.06. The molecular formula is C13H16O3. The second-order valence-electron chi connectivity index (χ2n) is 3.95. The zero-order chi connectivity index (χ0) is 11.2. The molecule has 1 aromatic carbocycles. The van der Waals surface area contributed by atoms with Crippen LogP contribution in [0, 0.1) is 0 Å². The average Bonchev–Trinajstić information content (AvgIpc) is 3.13. The smallest absolute Gasteiger partial charge is 0.338 e. The number of hydrogen-bond acceptors (Lipinski definition) is 3. The normalized spacial score (nSPS) is 18.1. The van der Waals surface area contributed by atoms with Gasteiger partial charge in [0, 0.05) is 0 Å². The van der Waals surface area contributed by atoms with E-state index in [9.17, 15) is 4.79 Å². The van der Waals surface area contributed by atoms with Gasteiger partial charge in [-0.25, -0.2) is 4.79 Å². The number of carbonyl (C=O) groups excluding carboxylic acids is 1. The van der Waals surface area contributed by atoms with Gasteiger partial charge in [-0.05, 0) is 31.4 Å². The van der Waals surface area contributed by atoms with Crippen molar-refractivity contribution in [3.8, 4) is 0 Å². The van der Waals surface area contributed by atoms with Crippen molar-refractivity contribution in [2.24, 2.45) is 0 Å². The molecule has 16 heavy (non-hydrogen) atoms. The molecule has 0 spiro atoms. The van der Waals surface area contributed by atoms with E-state index >= 15 is 0 Å². The standard InChI is InChI=1S/C13H16O3/c14-13(11-6-2-1-3-7-11)15-9-5-4-8-12-10-16-12/h1-3,6-7,12H,4-5,8-10H2. The van der Waals surface area contributed by atoms with Crippen molar-refractivity contribution in [1.82, 2.24) is 0 Å². The molecule has 1 unspecified atom stereocenters. The van der Waals surface area contributed by atoms with Gasteiger partial charge in [0.05, 0.1) is 24.9 Å². The van der Waals surface area contributed by atoms with Crippen LogP contribution in [0.5, 0.6) is 0 Å². The number of epoxide rings is 1. The quantitative estimate of drug-likeness (QED) is 0.420. The van der Waals surface area contributed by atoms with Crippen molar-refractivity contribution >= 4 is 5.97 Å². The molecule has 3 nitrogen and oxygen atoms in total. The Labute approximate surface area is 95.4 Å². The minimum Gasteiger partial charge on any atom is -0.462 e. The third-order valence-corrected chi connectivity index (χ3v) is 2.57. The maximum absolute atomic E-state index is 11.5. The molecule has 1 heterocycles. The minimum atomic E-state index is -0.233. The van der Waals surface area contributed by atoms with E-state index in [-0.39, 0.29) is 5.97 Å². The van der Waals surface area contributed by atoms with Crippen LogP contribution in [0.1, 0.15) is 29.6 Å². The van der Waals surface area contributed by atoms with Crippen molar-refractivity contribution in [3.05, 3.63) is 35.9 Å². The predicted octanol–water partition coefficient (Wildman–Crippen LogP) is 2.41. The molecular weight excluding hydrogens is 204 g/mol. The fourth-order valence-corrected chi connectivity index (χ4v) is 1.53. The molecule has 0 radical (unpaired) electrons. The first kappa shape index (κ1) is 11.1. The molecule has 1 aliphatic heterocycles. The first-order valence-electron chi connectivity index (χ1n) is 5.70. The van der Waals surface area contributed by atoms with Crippen LogP contribution < -0.4 is 0 Å². The fourth-order valence-electron chi connectivity index (χ4n) is 1.53. The second kappa shape index (κ2) is 5.66. The molecule has 1 atom stereocenters. The Morgan fingerprint density at radius 2 is 2.06 bits per heavy atom. The van der Waals surface area contributed by atoms with E-state index in [0.717, 1.165) is 25.9 Å². The summed E-state index contributed by atoms with van der Waals surface area (Å²) < 4.78 is 10.2. The van der Waals surface area contributed by atoms with Crippen molar-refractivity contribution < 1.29 is 14.3 Å². The van der Waals surface area contributed by atoms with Crippen LogP contribution in [0.4, 0.5) is 0 Å². The van der Waals surface area contributed by atoms with Gasteiger partial charge in [0.1, 0.15) is 0 Å². The summed E-state index contributed by atoms with van der Waals surface area (Å²) in [4.78, 5) is 11.5. The highest BCUT2D eigenvalue weighted by molar-refractivity contribution is 5.89. The zero-order valence-electron chi connectivity index (χ0n) is 9.22. The van der Waals surface area contributed by atoms with Gasteiger partial charge in [-0.1, -0.05) is 18.2 Å². The van der Waals surface area contributed by atoms with Crippen molar-refractivity contribution in [1.29, 1.82) is 0 Å². The van der Waals surface area contributed by atoms with E-state index in [4.69, 9.17) is 9.47 Å².